The first kappa shape index (κ1) is 17.0. The highest BCUT2D eigenvalue weighted by Crippen LogP contribution is 2.32. The van der Waals surface area contributed by atoms with Crippen LogP contribution in [0.2, 0.25) is 5.02 Å². The first-order chi connectivity index (χ1) is 12.5. The lowest BCUT2D eigenvalue weighted by Gasteiger charge is -2.13. The summed E-state index contributed by atoms with van der Waals surface area (Å²) in [6, 6.07) is 14.5. The van der Waals surface area contributed by atoms with Crippen LogP contribution in [-0.2, 0) is 22.3 Å². The molecule has 0 saturated carbocycles. The molecule has 0 aliphatic carbocycles. The number of benzene rings is 2. The van der Waals surface area contributed by atoms with Gasteiger partial charge in [-0.25, -0.2) is 4.68 Å². The van der Waals surface area contributed by atoms with Gasteiger partial charge in [0, 0.05) is 26.9 Å². The number of para-hydroxylation sites is 1. The summed E-state index contributed by atoms with van der Waals surface area (Å²) in [5.74, 6) is 1.15. The molecule has 0 unspecified atom stereocenters. The Bertz CT molecular complexity index is 1030. The first-order valence-corrected chi connectivity index (χ1v) is 9.98. The quantitative estimate of drug-likeness (QED) is 0.744. The molecule has 5 nitrogen and oxygen atoms in total. The summed E-state index contributed by atoms with van der Waals surface area (Å²) in [5.41, 5.74) is 4.04. The van der Waals surface area contributed by atoms with Crippen LogP contribution in [-0.4, -0.2) is 19.9 Å². The van der Waals surface area contributed by atoms with Crippen LogP contribution in [0.4, 0.5) is 5.82 Å². The van der Waals surface area contributed by atoms with Gasteiger partial charge in [-0.15, -0.1) is 0 Å². The van der Waals surface area contributed by atoms with Crippen molar-refractivity contribution in [2.45, 2.75) is 18.4 Å². The lowest BCUT2D eigenvalue weighted by Crippen LogP contribution is -2.17. The second kappa shape index (κ2) is 6.70. The number of hydrogen-bond donors (Lipinski definition) is 1. The molecule has 1 amide bonds. The fraction of sp³-hybridized carbons (Fsp3) is 0.158. The van der Waals surface area contributed by atoms with Crippen molar-refractivity contribution in [3.8, 4) is 5.69 Å². The van der Waals surface area contributed by atoms with E-state index in [0.717, 1.165) is 22.5 Å². The number of halogens is 1. The third kappa shape index (κ3) is 3.06. The Hall–Kier alpha value is -2.44. The van der Waals surface area contributed by atoms with Gasteiger partial charge in [0.05, 0.1) is 22.9 Å². The molecule has 1 N–H and O–H groups in total. The number of anilines is 1. The monoisotopic (exact) mass is 385 g/mol. The van der Waals surface area contributed by atoms with Crippen LogP contribution in [0, 0.1) is 6.92 Å². The number of amides is 1. The van der Waals surface area contributed by atoms with E-state index in [0.29, 0.717) is 27.9 Å². The van der Waals surface area contributed by atoms with Crippen LogP contribution >= 0.6 is 11.6 Å². The maximum absolute atomic E-state index is 12.7. The third-order valence-corrected chi connectivity index (χ3v) is 5.81. The smallest absolute Gasteiger partial charge is 0.256 e. The second-order valence-corrected chi connectivity index (χ2v) is 8.06. The molecule has 0 fully saturated rings. The minimum atomic E-state index is -0.975. The lowest BCUT2D eigenvalue weighted by atomic mass is 10.2. The molecular formula is C19H16ClN3O2S. The van der Waals surface area contributed by atoms with E-state index in [1.165, 1.54) is 0 Å². The van der Waals surface area contributed by atoms with E-state index in [1.54, 1.807) is 28.9 Å². The Balaban J connectivity index is 1.77. The van der Waals surface area contributed by atoms with Crippen LogP contribution in [0.3, 0.4) is 0 Å². The molecule has 2 aromatic carbocycles. The average Bonchev–Trinajstić information content (AvgIpc) is 3.13. The summed E-state index contributed by atoms with van der Waals surface area (Å²) in [6.45, 7) is 1.99. The SMILES string of the molecule is Cc1ccccc1-n1nc2c(c1NC(=O)c1ccc(Cl)cc1)C[S@@](=O)C2. The number of carbonyl (C=O) groups is 1. The molecule has 26 heavy (non-hydrogen) atoms. The Morgan fingerprint density at radius 3 is 2.62 bits per heavy atom. The van der Waals surface area contributed by atoms with E-state index in [4.69, 9.17) is 11.6 Å². The maximum Gasteiger partial charge on any atom is 0.256 e. The highest BCUT2D eigenvalue weighted by atomic mass is 35.5. The predicted octanol–water partition coefficient (Wildman–Crippen LogP) is 3.85. The van der Waals surface area contributed by atoms with Crippen LogP contribution in [0.1, 0.15) is 27.2 Å². The Morgan fingerprint density at radius 1 is 1.15 bits per heavy atom. The number of aryl methyl sites for hydroxylation is 1. The normalized spacial score (nSPS) is 15.7. The second-order valence-electron chi connectivity index (χ2n) is 6.16. The minimum Gasteiger partial charge on any atom is -0.306 e. The predicted molar refractivity (Wildman–Crippen MR) is 103 cm³/mol. The molecule has 1 aliphatic rings. The zero-order valence-corrected chi connectivity index (χ0v) is 15.6. The number of nitrogens with one attached hydrogen (secondary N) is 1. The van der Waals surface area contributed by atoms with E-state index in [2.05, 4.69) is 10.4 Å². The van der Waals surface area contributed by atoms with Gasteiger partial charge in [-0.05, 0) is 42.8 Å². The molecule has 0 saturated heterocycles. The lowest BCUT2D eigenvalue weighted by molar-refractivity contribution is 0.102. The Kier molecular flexibility index (Phi) is 4.38. The van der Waals surface area contributed by atoms with Gasteiger partial charge < -0.3 is 5.32 Å². The van der Waals surface area contributed by atoms with Crippen molar-refractivity contribution in [2.24, 2.45) is 0 Å². The Labute approximate surface area is 158 Å². The molecule has 7 heteroatoms. The molecular weight excluding hydrogens is 370 g/mol. The number of nitrogens with zero attached hydrogens (tertiary/aromatic N) is 2. The standard InChI is InChI=1S/C19H16ClN3O2S/c1-12-4-2-3-5-17(12)23-18(15-10-26(25)11-16(15)22-23)21-19(24)13-6-8-14(20)9-7-13/h2-9H,10-11H2,1H3,(H,21,24)/t26-/m1/s1. The van der Waals surface area contributed by atoms with Crippen molar-refractivity contribution in [1.82, 2.24) is 9.78 Å². The number of hydrogen-bond acceptors (Lipinski definition) is 3. The van der Waals surface area contributed by atoms with Crippen molar-refractivity contribution in [2.75, 3.05) is 5.32 Å². The van der Waals surface area contributed by atoms with Gasteiger partial charge >= 0.3 is 0 Å². The molecule has 4 rings (SSSR count). The van der Waals surface area contributed by atoms with E-state index in [1.807, 2.05) is 31.2 Å². The third-order valence-electron chi connectivity index (χ3n) is 4.35. The van der Waals surface area contributed by atoms with Gasteiger partial charge in [-0.3, -0.25) is 9.00 Å². The molecule has 132 valence electrons. The highest BCUT2D eigenvalue weighted by Gasteiger charge is 2.28. The zero-order valence-electron chi connectivity index (χ0n) is 14.0. The molecule has 2 heterocycles. The number of carbonyl (C=O) groups excluding carboxylic acids is 1. The fourth-order valence-corrected chi connectivity index (χ4v) is 4.40. The number of rotatable bonds is 3. The number of fused-ring (bicyclic) bond motifs is 1. The summed E-state index contributed by atoms with van der Waals surface area (Å²) < 4.78 is 13.7. The van der Waals surface area contributed by atoms with Crippen molar-refractivity contribution in [3.63, 3.8) is 0 Å². The zero-order chi connectivity index (χ0) is 18.3. The average molecular weight is 386 g/mol. The van der Waals surface area contributed by atoms with E-state index in [9.17, 15) is 9.00 Å². The molecule has 0 spiro atoms. The minimum absolute atomic E-state index is 0.253. The maximum atomic E-state index is 12.7. The topological polar surface area (TPSA) is 64.0 Å². The molecule has 1 aromatic heterocycles. The van der Waals surface area contributed by atoms with Gasteiger partial charge in [0.15, 0.2) is 0 Å². The summed E-state index contributed by atoms with van der Waals surface area (Å²) >= 11 is 5.89. The summed E-state index contributed by atoms with van der Waals surface area (Å²) in [5, 5.41) is 8.15. The fourth-order valence-electron chi connectivity index (χ4n) is 3.01. The van der Waals surface area contributed by atoms with E-state index in [-0.39, 0.29) is 5.91 Å². The van der Waals surface area contributed by atoms with Crippen LogP contribution in [0.5, 0.6) is 0 Å². The van der Waals surface area contributed by atoms with Gasteiger partial charge in [0.1, 0.15) is 5.82 Å². The molecule has 1 atom stereocenters. The largest absolute Gasteiger partial charge is 0.306 e. The van der Waals surface area contributed by atoms with E-state index < -0.39 is 10.8 Å². The van der Waals surface area contributed by atoms with Crippen molar-refractivity contribution in [3.05, 3.63) is 75.9 Å². The van der Waals surface area contributed by atoms with Crippen molar-refractivity contribution < 1.29 is 9.00 Å². The van der Waals surface area contributed by atoms with Crippen molar-refractivity contribution >= 4 is 34.1 Å². The van der Waals surface area contributed by atoms with Crippen LogP contribution in [0.15, 0.2) is 48.5 Å². The Morgan fingerprint density at radius 2 is 1.88 bits per heavy atom. The van der Waals surface area contributed by atoms with Gasteiger partial charge in [-0.2, -0.15) is 5.10 Å². The van der Waals surface area contributed by atoms with Crippen molar-refractivity contribution in [1.29, 1.82) is 0 Å². The summed E-state index contributed by atoms with van der Waals surface area (Å²) in [7, 11) is -0.975. The van der Waals surface area contributed by atoms with Gasteiger partial charge in [0.2, 0.25) is 0 Å². The first-order valence-electron chi connectivity index (χ1n) is 8.11. The molecule has 0 bridgehead atoms. The van der Waals surface area contributed by atoms with Crippen LogP contribution in [0.25, 0.3) is 5.69 Å². The summed E-state index contributed by atoms with van der Waals surface area (Å²) in [6.07, 6.45) is 0. The van der Waals surface area contributed by atoms with Gasteiger partial charge in [-0.1, -0.05) is 29.8 Å². The van der Waals surface area contributed by atoms with Gasteiger partial charge in [0.25, 0.3) is 5.91 Å². The highest BCUT2D eigenvalue weighted by molar-refractivity contribution is 7.83. The molecule has 0 radical (unpaired) electrons. The summed E-state index contributed by atoms with van der Waals surface area (Å²) in [4.78, 5) is 12.7. The molecule has 3 aromatic rings. The molecule has 1 aliphatic heterocycles. The van der Waals surface area contributed by atoms with Crippen LogP contribution < -0.4 is 5.32 Å². The van der Waals surface area contributed by atoms with E-state index >= 15 is 0 Å². The number of aromatic nitrogens is 2.